The van der Waals surface area contributed by atoms with Crippen LogP contribution in [0.1, 0.15) is 23.6 Å². The summed E-state index contributed by atoms with van der Waals surface area (Å²) in [7, 11) is 1.69. The van der Waals surface area contributed by atoms with Gasteiger partial charge in [-0.05, 0) is 55.2 Å². The standard InChI is InChI=1S/C18H22FNO/c1-13-8-9-17(19)11-16(13)12-20-14(2)10-15-6-4-5-7-18(15)21-3/h4-9,11,14,20H,10,12H2,1-3H3. The highest BCUT2D eigenvalue weighted by molar-refractivity contribution is 5.34. The van der Waals surface area contributed by atoms with Gasteiger partial charge in [-0.1, -0.05) is 24.3 Å². The van der Waals surface area contributed by atoms with Crippen LogP contribution in [0.15, 0.2) is 42.5 Å². The van der Waals surface area contributed by atoms with Crippen LogP contribution in [0, 0.1) is 12.7 Å². The predicted octanol–water partition coefficient (Wildman–Crippen LogP) is 3.86. The zero-order valence-corrected chi connectivity index (χ0v) is 12.8. The molecule has 0 aliphatic heterocycles. The van der Waals surface area contributed by atoms with Gasteiger partial charge in [0.2, 0.25) is 0 Å². The van der Waals surface area contributed by atoms with Crippen molar-refractivity contribution < 1.29 is 9.13 Å². The van der Waals surface area contributed by atoms with Gasteiger partial charge in [-0.25, -0.2) is 4.39 Å². The summed E-state index contributed by atoms with van der Waals surface area (Å²) in [5.41, 5.74) is 3.28. The summed E-state index contributed by atoms with van der Waals surface area (Å²) in [6.45, 7) is 4.79. The highest BCUT2D eigenvalue weighted by Crippen LogP contribution is 2.19. The number of nitrogens with one attached hydrogen (secondary N) is 1. The van der Waals surface area contributed by atoms with Gasteiger partial charge in [0.1, 0.15) is 11.6 Å². The largest absolute Gasteiger partial charge is 0.496 e. The number of hydrogen-bond acceptors (Lipinski definition) is 2. The van der Waals surface area contributed by atoms with Crippen molar-refractivity contribution in [1.29, 1.82) is 0 Å². The number of benzene rings is 2. The highest BCUT2D eigenvalue weighted by Gasteiger charge is 2.08. The lowest BCUT2D eigenvalue weighted by molar-refractivity contribution is 0.406. The molecule has 0 bridgehead atoms. The number of para-hydroxylation sites is 1. The van der Waals surface area contributed by atoms with Crippen molar-refractivity contribution in [2.45, 2.75) is 32.9 Å². The van der Waals surface area contributed by atoms with E-state index < -0.39 is 0 Å². The maximum atomic E-state index is 13.3. The van der Waals surface area contributed by atoms with Gasteiger partial charge in [-0.15, -0.1) is 0 Å². The third kappa shape index (κ3) is 4.30. The molecule has 0 spiro atoms. The Kier molecular flexibility index (Phi) is 5.34. The molecule has 0 radical (unpaired) electrons. The van der Waals surface area contributed by atoms with E-state index in [1.54, 1.807) is 13.2 Å². The smallest absolute Gasteiger partial charge is 0.123 e. The van der Waals surface area contributed by atoms with Gasteiger partial charge < -0.3 is 10.1 Å². The molecule has 0 aromatic heterocycles. The number of hydrogen-bond donors (Lipinski definition) is 1. The molecule has 0 saturated carbocycles. The number of methoxy groups -OCH3 is 1. The Morgan fingerprint density at radius 1 is 1.14 bits per heavy atom. The molecule has 2 aromatic carbocycles. The van der Waals surface area contributed by atoms with Crippen molar-refractivity contribution in [2.75, 3.05) is 7.11 Å². The molecule has 1 N–H and O–H groups in total. The maximum absolute atomic E-state index is 13.3. The van der Waals surface area contributed by atoms with E-state index in [0.29, 0.717) is 6.54 Å². The van der Waals surface area contributed by atoms with E-state index >= 15 is 0 Å². The normalized spacial score (nSPS) is 12.2. The number of ether oxygens (including phenoxy) is 1. The zero-order chi connectivity index (χ0) is 15.2. The fraction of sp³-hybridized carbons (Fsp3) is 0.333. The van der Waals surface area contributed by atoms with Crippen molar-refractivity contribution in [2.24, 2.45) is 0 Å². The molecular formula is C18H22FNO. The second-order valence-corrected chi connectivity index (χ2v) is 5.37. The molecule has 2 nitrogen and oxygen atoms in total. The van der Waals surface area contributed by atoms with E-state index in [0.717, 1.165) is 23.3 Å². The van der Waals surface area contributed by atoms with Crippen LogP contribution in [-0.4, -0.2) is 13.2 Å². The van der Waals surface area contributed by atoms with Crippen LogP contribution >= 0.6 is 0 Å². The van der Waals surface area contributed by atoms with Crippen LogP contribution < -0.4 is 10.1 Å². The first-order chi connectivity index (χ1) is 10.1. The lowest BCUT2D eigenvalue weighted by Gasteiger charge is -2.16. The lowest BCUT2D eigenvalue weighted by Crippen LogP contribution is -2.28. The first-order valence-corrected chi connectivity index (χ1v) is 7.20. The molecule has 0 aliphatic carbocycles. The Morgan fingerprint density at radius 2 is 1.90 bits per heavy atom. The molecule has 0 saturated heterocycles. The van der Waals surface area contributed by atoms with Crippen molar-refractivity contribution in [3.63, 3.8) is 0 Å². The maximum Gasteiger partial charge on any atom is 0.123 e. The summed E-state index contributed by atoms with van der Waals surface area (Å²) in [5, 5.41) is 3.44. The van der Waals surface area contributed by atoms with E-state index in [9.17, 15) is 4.39 Å². The van der Waals surface area contributed by atoms with Gasteiger partial charge in [0.25, 0.3) is 0 Å². The van der Waals surface area contributed by atoms with Gasteiger partial charge in [-0.3, -0.25) is 0 Å². The second-order valence-electron chi connectivity index (χ2n) is 5.37. The van der Waals surface area contributed by atoms with Gasteiger partial charge >= 0.3 is 0 Å². The van der Waals surface area contributed by atoms with Crippen LogP contribution in [0.4, 0.5) is 4.39 Å². The van der Waals surface area contributed by atoms with E-state index in [-0.39, 0.29) is 11.9 Å². The summed E-state index contributed by atoms with van der Waals surface area (Å²) >= 11 is 0. The van der Waals surface area contributed by atoms with Crippen molar-refractivity contribution >= 4 is 0 Å². The molecule has 2 rings (SSSR count). The predicted molar refractivity (Wildman–Crippen MR) is 84.1 cm³/mol. The third-order valence-corrected chi connectivity index (χ3v) is 3.67. The van der Waals surface area contributed by atoms with E-state index in [1.165, 1.54) is 11.6 Å². The molecule has 112 valence electrons. The second kappa shape index (κ2) is 7.23. The molecule has 0 fully saturated rings. The van der Waals surface area contributed by atoms with Crippen LogP contribution in [0.25, 0.3) is 0 Å². The van der Waals surface area contributed by atoms with Crippen molar-refractivity contribution in [3.8, 4) is 5.75 Å². The summed E-state index contributed by atoms with van der Waals surface area (Å²) in [5.74, 6) is 0.725. The Hall–Kier alpha value is -1.87. The van der Waals surface area contributed by atoms with Crippen LogP contribution in [0.2, 0.25) is 0 Å². The minimum Gasteiger partial charge on any atom is -0.496 e. The topological polar surface area (TPSA) is 21.3 Å². The minimum absolute atomic E-state index is 0.185. The monoisotopic (exact) mass is 287 g/mol. The molecule has 0 amide bonds. The fourth-order valence-electron chi connectivity index (χ4n) is 2.39. The molecule has 1 atom stereocenters. The zero-order valence-electron chi connectivity index (χ0n) is 12.8. The molecule has 0 heterocycles. The van der Waals surface area contributed by atoms with Gasteiger partial charge in [0, 0.05) is 12.6 Å². The summed E-state index contributed by atoms with van der Waals surface area (Å²) < 4.78 is 18.6. The fourth-order valence-corrected chi connectivity index (χ4v) is 2.39. The molecule has 1 unspecified atom stereocenters. The average molecular weight is 287 g/mol. The number of aryl methyl sites for hydroxylation is 1. The Balaban J connectivity index is 1.96. The van der Waals surface area contributed by atoms with Crippen LogP contribution in [-0.2, 0) is 13.0 Å². The first kappa shape index (κ1) is 15.5. The van der Waals surface area contributed by atoms with Crippen LogP contribution in [0.5, 0.6) is 5.75 Å². The number of rotatable bonds is 6. The van der Waals surface area contributed by atoms with Crippen LogP contribution in [0.3, 0.4) is 0 Å². The first-order valence-electron chi connectivity index (χ1n) is 7.20. The number of halogens is 1. The van der Waals surface area contributed by atoms with Gasteiger partial charge in [0.05, 0.1) is 7.11 Å². The molecule has 2 aromatic rings. The van der Waals surface area contributed by atoms with E-state index in [2.05, 4.69) is 18.3 Å². The molecule has 0 aliphatic rings. The summed E-state index contributed by atoms with van der Waals surface area (Å²) in [6.07, 6.45) is 0.873. The Bertz CT molecular complexity index is 598. The summed E-state index contributed by atoms with van der Waals surface area (Å²) in [6, 6.07) is 13.2. The highest BCUT2D eigenvalue weighted by atomic mass is 19.1. The van der Waals surface area contributed by atoms with Gasteiger partial charge in [0.15, 0.2) is 0 Å². The van der Waals surface area contributed by atoms with E-state index in [1.807, 2.05) is 31.2 Å². The molecular weight excluding hydrogens is 265 g/mol. The van der Waals surface area contributed by atoms with Crippen molar-refractivity contribution in [1.82, 2.24) is 5.32 Å². The Labute approximate surface area is 126 Å². The SMILES string of the molecule is COc1ccccc1CC(C)NCc1cc(F)ccc1C. The molecule has 3 heteroatoms. The lowest BCUT2D eigenvalue weighted by atomic mass is 10.0. The minimum atomic E-state index is -0.185. The Morgan fingerprint density at radius 3 is 2.67 bits per heavy atom. The van der Waals surface area contributed by atoms with E-state index in [4.69, 9.17) is 4.74 Å². The third-order valence-electron chi connectivity index (χ3n) is 3.67. The van der Waals surface area contributed by atoms with Crippen molar-refractivity contribution in [3.05, 3.63) is 65.0 Å². The average Bonchev–Trinajstić information content (AvgIpc) is 2.49. The quantitative estimate of drug-likeness (QED) is 0.871. The van der Waals surface area contributed by atoms with Gasteiger partial charge in [-0.2, -0.15) is 0 Å². The molecule has 21 heavy (non-hydrogen) atoms. The summed E-state index contributed by atoms with van der Waals surface area (Å²) in [4.78, 5) is 0.